The Morgan fingerprint density at radius 2 is 1.46 bits per heavy atom. The standard InChI is InChI=1S/C33H47NO4S/c1-3-5-6-7-8-9-10-11-12-13-14-15-16-17-18-19-20-23-28-39-31(4-2)32(36)34-26-27-38-33(37)29-24-21-22-25-30(29)35/h5-6,8-9,11-12,14-15,17-18,21-22,24-25,31,35H,3-4,7,10,13,16,19-20,23,26-28H2,1-2H3,(H,34,36)/b6-5-,9-8-,12-11-,15-14-,18-17-/t31-/m1/s1. The monoisotopic (exact) mass is 553 g/mol. The number of nitrogens with one attached hydrogen (secondary N) is 1. The molecule has 0 radical (unpaired) electrons. The first-order valence-corrected chi connectivity index (χ1v) is 15.2. The molecule has 1 amide bonds. The fourth-order valence-corrected chi connectivity index (χ4v) is 4.62. The Hall–Kier alpha value is -2.99. The van der Waals surface area contributed by atoms with Gasteiger partial charge in [-0.1, -0.05) is 86.7 Å². The molecule has 0 aliphatic heterocycles. The van der Waals surface area contributed by atoms with Crippen molar-refractivity contribution in [3.05, 3.63) is 90.6 Å². The largest absolute Gasteiger partial charge is 0.507 e. The van der Waals surface area contributed by atoms with Crippen molar-refractivity contribution in [1.29, 1.82) is 0 Å². The van der Waals surface area contributed by atoms with Crippen LogP contribution < -0.4 is 5.32 Å². The number of benzene rings is 1. The third kappa shape index (κ3) is 18.0. The molecule has 1 aromatic rings. The minimum Gasteiger partial charge on any atom is -0.507 e. The first-order chi connectivity index (χ1) is 19.1. The van der Waals surface area contributed by atoms with Crippen LogP contribution in [0.3, 0.4) is 0 Å². The molecule has 0 fully saturated rings. The van der Waals surface area contributed by atoms with Crippen molar-refractivity contribution in [3.8, 4) is 5.75 Å². The van der Waals surface area contributed by atoms with Crippen LogP contribution in [0.2, 0.25) is 0 Å². The van der Waals surface area contributed by atoms with Crippen LogP contribution in [0.4, 0.5) is 0 Å². The number of thioether (sulfide) groups is 1. The second kappa shape index (κ2) is 24.1. The van der Waals surface area contributed by atoms with Crippen LogP contribution in [-0.2, 0) is 9.53 Å². The van der Waals surface area contributed by atoms with Gasteiger partial charge in [-0.3, -0.25) is 4.79 Å². The van der Waals surface area contributed by atoms with Gasteiger partial charge in [0.05, 0.1) is 11.8 Å². The minimum absolute atomic E-state index is 0.0288. The maximum atomic E-state index is 12.4. The lowest BCUT2D eigenvalue weighted by Crippen LogP contribution is -2.35. The van der Waals surface area contributed by atoms with E-state index in [4.69, 9.17) is 4.74 Å². The van der Waals surface area contributed by atoms with Gasteiger partial charge in [-0.05, 0) is 75.7 Å². The van der Waals surface area contributed by atoms with Gasteiger partial charge in [0.2, 0.25) is 5.91 Å². The molecule has 0 heterocycles. The number of rotatable bonds is 21. The lowest BCUT2D eigenvalue weighted by atomic mass is 10.2. The van der Waals surface area contributed by atoms with Crippen LogP contribution in [0.1, 0.15) is 82.0 Å². The van der Waals surface area contributed by atoms with E-state index < -0.39 is 5.97 Å². The van der Waals surface area contributed by atoms with Crippen LogP contribution >= 0.6 is 11.8 Å². The van der Waals surface area contributed by atoms with E-state index in [9.17, 15) is 14.7 Å². The van der Waals surface area contributed by atoms with E-state index in [1.807, 2.05) is 6.92 Å². The van der Waals surface area contributed by atoms with Gasteiger partial charge in [0, 0.05) is 0 Å². The van der Waals surface area contributed by atoms with E-state index in [0.29, 0.717) is 0 Å². The Labute approximate surface area is 240 Å². The number of esters is 1. The van der Waals surface area contributed by atoms with E-state index in [2.05, 4.69) is 73.0 Å². The number of allylic oxidation sites excluding steroid dienone is 10. The summed E-state index contributed by atoms with van der Waals surface area (Å²) in [6.07, 6.45) is 31.2. The fraction of sp³-hybridized carbons (Fsp3) is 0.455. The first kappa shape index (κ1) is 34.0. The third-order valence-electron chi connectivity index (χ3n) is 5.66. The van der Waals surface area contributed by atoms with E-state index in [-0.39, 0.29) is 35.6 Å². The Morgan fingerprint density at radius 3 is 2.05 bits per heavy atom. The summed E-state index contributed by atoms with van der Waals surface area (Å²) < 4.78 is 5.14. The molecular weight excluding hydrogens is 506 g/mol. The second-order valence-corrected chi connectivity index (χ2v) is 10.2. The molecule has 5 nitrogen and oxygen atoms in total. The number of ether oxygens (including phenoxy) is 1. The zero-order chi connectivity index (χ0) is 28.4. The molecule has 1 rings (SSSR count). The van der Waals surface area contributed by atoms with E-state index in [1.54, 1.807) is 23.9 Å². The first-order valence-electron chi connectivity index (χ1n) is 14.2. The molecule has 1 atom stereocenters. The fourth-order valence-electron chi connectivity index (χ4n) is 3.49. The molecule has 39 heavy (non-hydrogen) atoms. The summed E-state index contributed by atoms with van der Waals surface area (Å²) in [4.78, 5) is 24.4. The molecule has 0 spiro atoms. The summed E-state index contributed by atoms with van der Waals surface area (Å²) in [6.45, 7) is 4.47. The van der Waals surface area contributed by atoms with Crippen LogP contribution in [-0.4, -0.2) is 41.1 Å². The SMILES string of the molecule is CC/C=C\C/C=C\C/C=C\C/C=C\C/C=C\CCCCS[C@H](CC)C(=O)NCCOC(=O)c1ccccc1O. The van der Waals surface area contributed by atoms with E-state index >= 15 is 0 Å². The number of phenols is 1. The lowest BCUT2D eigenvalue weighted by Gasteiger charge is -2.14. The van der Waals surface area contributed by atoms with Crippen molar-refractivity contribution in [2.45, 2.75) is 76.9 Å². The zero-order valence-electron chi connectivity index (χ0n) is 23.7. The van der Waals surface area contributed by atoms with Gasteiger partial charge < -0.3 is 15.2 Å². The predicted octanol–water partition coefficient (Wildman–Crippen LogP) is 8.10. The van der Waals surface area contributed by atoms with Crippen LogP contribution in [0, 0.1) is 0 Å². The van der Waals surface area contributed by atoms with Crippen molar-refractivity contribution in [3.63, 3.8) is 0 Å². The summed E-state index contributed by atoms with van der Waals surface area (Å²) >= 11 is 1.68. The summed E-state index contributed by atoms with van der Waals surface area (Å²) in [5, 5.41) is 12.4. The van der Waals surface area contributed by atoms with Crippen LogP contribution in [0.25, 0.3) is 0 Å². The number of aromatic hydroxyl groups is 1. The number of carbonyl (C=O) groups excluding carboxylic acids is 2. The quantitative estimate of drug-likeness (QED) is 0.0914. The molecule has 1 aromatic carbocycles. The molecule has 214 valence electrons. The lowest BCUT2D eigenvalue weighted by molar-refractivity contribution is -0.120. The number of para-hydroxylation sites is 1. The molecule has 0 saturated heterocycles. The molecule has 0 aromatic heterocycles. The summed E-state index contributed by atoms with van der Waals surface area (Å²) in [5.41, 5.74) is 0.121. The normalized spacial score (nSPS) is 12.9. The number of hydrogen-bond acceptors (Lipinski definition) is 5. The topological polar surface area (TPSA) is 75.6 Å². The van der Waals surface area contributed by atoms with Crippen LogP contribution in [0.5, 0.6) is 5.75 Å². The second-order valence-electron chi connectivity index (χ2n) is 8.92. The number of phenolic OH excluding ortho intramolecular Hbond substituents is 1. The molecule has 0 saturated carbocycles. The van der Waals surface area contributed by atoms with Gasteiger partial charge in [0.25, 0.3) is 0 Å². The Bertz CT molecular complexity index is 949. The van der Waals surface area contributed by atoms with Gasteiger partial charge in [0.1, 0.15) is 17.9 Å². The molecule has 0 unspecified atom stereocenters. The minimum atomic E-state index is -0.601. The van der Waals surface area contributed by atoms with Crippen molar-refractivity contribution >= 4 is 23.6 Å². The van der Waals surface area contributed by atoms with Gasteiger partial charge >= 0.3 is 5.97 Å². The van der Waals surface area contributed by atoms with Crippen molar-refractivity contribution in [2.75, 3.05) is 18.9 Å². The Kier molecular flexibility index (Phi) is 21.0. The molecule has 0 aliphatic rings. The highest BCUT2D eigenvalue weighted by molar-refractivity contribution is 8.00. The number of carbonyl (C=O) groups is 2. The van der Waals surface area contributed by atoms with Gasteiger partial charge in [-0.25, -0.2) is 4.79 Å². The van der Waals surface area contributed by atoms with Gasteiger partial charge in [-0.15, -0.1) is 11.8 Å². The summed E-state index contributed by atoms with van der Waals surface area (Å²) in [6, 6.07) is 6.23. The van der Waals surface area contributed by atoms with E-state index in [1.165, 1.54) is 12.1 Å². The third-order valence-corrected chi connectivity index (χ3v) is 7.14. The number of hydrogen-bond donors (Lipinski definition) is 2. The van der Waals surface area contributed by atoms with E-state index in [0.717, 1.165) is 63.5 Å². The van der Waals surface area contributed by atoms with Crippen molar-refractivity contribution in [2.24, 2.45) is 0 Å². The Balaban J connectivity index is 2.05. The maximum absolute atomic E-state index is 12.4. The van der Waals surface area contributed by atoms with Crippen molar-refractivity contribution in [1.82, 2.24) is 5.32 Å². The highest BCUT2D eigenvalue weighted by Gasteiger charge is 2.16. The highest BCUT2D eigenvalue weighted by atomic mass is 32.2. The van der Waals surface area contributed by atoms with Crippen LogP contribution in [0.15, 0.2) is 85.0 Å². The smallest absolute Gasteiger partial charge is 0.341 e. The average molecular weight is 554 g/mol. The summed E-state index contributed by atoms with van der Waals surface area (Å²) in [5.74, 6) is 0.198. The highest BCUT2D eigenvalue weighted by Crippen LogP contribution is 2.18. The maximum Gasteiger partial charge on any atom is 0.341 e. The zero-order valence-corrected chi connectivity index (χ0v) is 24.5. The Morgan fingerprint density at radius 1 is 0.872 bits per heavy atom. The summed E-state index contributed by atoms with van der Waals surface area (Å²) in [7, 11) is 0. The molecular formula is C33H47NO4S. The molecule has 0 bridgehead atoms. The van der Waals surface area contributed by atoms with Gasteiger partial charge in [-0.2, -0.15) is 0 Å². The average Bonchev–Trinajstić information content (AvgIpc) is 2.94. The number of unbranched alkanes of at least 4 members (excludes halogenated alkanes) is 2. The van der Waals surface area contributed by atoms with Crippen molar-refractivity contribution < 1.29 is 19.4 Å². The molecule has 0 aliphatic carbocycles. The molecule has 2 N–H and O–H groups in total. The van der Waals surface area contributed by atoms with Gasteiger partial charge in [0.15, 0.2) is 0 Å². The molecule has 6 heteroatoms. The predicted molar refractivity (Wildman–Crippen MR) is 166 cm³/mol. The number of amides is 1.